The van der Waals surface area contributed by atoms with Crippen LogP contribution in [0.3, 0.4) is 0 Å². The van der Waals surface area contributed by atoms with E-state index in [-0.39, 0.29) is 0 Å². The molecule has 0 aliphatic carbocycles. The molecular formula is C11H13ClN2O2. The zero-order chi connectivity index (χ0) is 11.9. The highest BCUT2D eigenvalue weighted by Gasteiger charge is 2.36. The second kappa shape index (κ2) is 3.63. The van der Waals surface area contributed by atoms with Crippen LogP contribution in [0.5, 0.6) is 0 Å². The molecule has 2 heterocycles. The number of hydrogen-bond donors (Lipinski definition) is 1. The Labute approximate surface area is 98.9 Å². The largest absolute Gasteiger partial charge is 0.465 e. The molecule has 5 heteroatoms. The number of halogens is 1. The van der Waals surface area contributed by atoms with Gasteiger partial charge in [-0.1, -0.05) is 17.7 Å². The topological polar surface area (TPSA) is 53.4 Å². The smallest absolute Gasteiger partial charge is 0.408 e. The molecule has 2 rings (SSSR count). The number of aromatic nitrogens is 1. The minimum atomic E-state index is -0.898. The molecule has 1 amide bonds. The summed E-state index contributed by atoms with van der Waals surface area (Å²) in [5, 5.41) is 9.59. The molecule has 0 fully saturated rings. The van der Waals surface area contributed by atoms with Gasteiger partial charge < -0.3 is 5.11 Å². The lowest BCUT2D eigenvalue weighted by Gasteiger charge is -2.40. The van der Waals surface area contributed by atoms with Gasteiger partial charge >= 0.3 is 6.09 Å². The van der Waals surface area contributed by atoms with Crippen molar-refractivity contribution in [3.8, 4) is 0 Å². The van der Waals surface area contributed by atoms with Crippen molar-refractivity contribution in [2.75, 3.05) is 0 Å². The Balaban J connectivity index is 2.42. The fraction of sp³-hybridized carbons (Fsp3) is 0.455. The molecule has 0 spiro atoms. The van der Waals surface area contributed by atoms with E-state index in [9.17, 15) is 4.79 Å². The molecule has 1 aliphatic heterocycles. The van der Waals surface area contributed by atoms with Gasteiger partial charge in [-0.15, -0.1) is 0 Å². The lowest BCUT2D eigenvalue weighted by molar-refractivity contribution is 0.0791. The van der Waals surface area contributed by atoms with Gasteiger partial charge in [0.05, 0.1) is 6.54 Å². The standard InChI is InChI=1S/C11H13ClN2O2/c1-11(2)5-8-7(3-4-9(12)13-8)6-14(11)10(15)16/h3-4H,5-6H2,1-2H3,(H,15,16). The first-order valence-corrected chi connectivity index (χ1v) is 5.43. The van der Waals surface area contributed by atoms with Crippen molar-refractivity contribution in [2.24, 2.45) is 0 Å². The van der Waals surface area contributed by atoms with Crippen LogP contribution in [0, 0.1) is 0 Å². The summed E-state index contributed by atoms with van der Waals surface area (Å²) in [6, 6.07) is 3.54. The summed E-state index contributed by atoms with van der Waals surface area (Å²) in [7, 11) is 0. The zero-order valence-corrected chi connectivity index (χ0v) is 9.95. The zero-order valence-electron chi connectivity index (χ0n) is 9.20. The van der Waals surface area contributed by atoms with Gasteiger partial charge in [0.2, 0.25) is 0 Å². The van der Waals surface area contributed by atoms with E-state index in [0.717, 1.165) is 11.3 Å². The number of hydrogen-bond acceptors (Lipinski definition) is 2. The summed E-state index contributed by atoms with van der Waals surface area (Å²) in [6.07, 6.45) is -0.305. The minimum Gasteiger partial charge on any atom is -0.465 e. The predicted molar refractivity (Wildman–Crippen MR) is 60.6 cm³/mol. The van der Waals surface area contributed by atoms with Crippen molar-refractivity contribution in [2.45, 2.75) is 32.4 Å². The Morgan fingerprint density at radius 3 is 2.88 bits per heavy atom. The Kier molecular flexibility index (Phi) is 2.54. The molecule has 0 aromatic carbocycles. The quantitative estimate of drug-likeness (QED) is 0.709. The molecule has 1 N–H and O–H groups in total. The first kappa shape index (κ1) is 11.2. The molecular weight excluding hydrogens is 228 g/mol. The highest BCUT2D eigenvalue weighted by molar-refractivity contribution is 6.29. The third-order valence-electron chi connectivity index (χ3n) is 2.92. The van der Waals surface area contributed by atoms with Crippen LogP contribution in [0.25, 0.3) is 0 Å². The molecule has 0 radical (unpaired) electrons. The number of carboxylic acid groups (broad SMARTS) is 1. The van der Waals surface area contributed by atoms with Crippen LogP contribution in [0.1, 0.15) is 25.1 Å². The molecule has 0 saturated heterocycles. The van der Waals surface area contributed by atoms with Crippen LogP contribution >= 0.6 is 11.6 Å². The van der Waals surface area contributed by atoms with Crippen LogP contribution in [0.15, 0.2) is 12.1 Å². The SMILES string of the molecule is CC1(C)Cc2nc(Cl)ccc2CN1C(=O)O. The van der Waals surface area contributed by atoms with Crippen LogP contribution in [0.2, 0.25) is 5.15 Å². The van der Waals surface area contributed by atoms with Gasteiger partial charge in [-0.2, -0.15) is 0 Å². The van der Waals surface area contributed by atoms with Crippen molar-refractivity contribution in [1.82, 2.24) is 9.88 Å². The van der Waals surface area contributed by atoms with Gasteiger partial charge in [0.15, 0.2) is 0 Å². The Bertz CT molecular complexity index is 446. The molecule has 1 aliphatic rings. The minimum absolute atomic E-state index is 0.377. The van der Waals surface area contributed by atoms with Crippen LogP contribution in [-0.4, -0.2) is 26.6 Å². The van der Waals surface area contributed by atoms with Crippen molar-refractivity contribution in [1.29, 1.82) is 0 Å². The molecule has 86 valence electrons. The predicted octanol–water partition coefficient (Wildman–Crippen LogP) is 2.55. The van der Waals surface area contributed by atoms with Gasteiger partial charge in [-0.3, -0.25) is 4.90 Å². The average Bonchev–Trinajstić information content (AvgIpc) is 2.14. The second-order valence-corrected chi connectivity index (χ2v) is 4.98. The van der Waals surface area contributed by atoms with E-state index in [1.54, 1.807) is 6.07 Å². The third-order valence-corrected chi connectivity index (χ3v) is 3.14. The molecule has 1 aromatic heterocycles. The highest BCUT2D eigenvalue weighted by atomic mass is 35.5. The van der Waals surface area contributed by atoms with E-state index < -0.39 is 11.6 Å². The summed E-state index contributed by atoms with van der Waals surface area (Å²) >= 11 is 5.83. The summed E-state index contributed by atoms with van der Waals surface area (Å²) in [6.45, 7) is 4.17. The molecule has 16 heavy (non-hydrogen) atoms. The van der Waals surface area contributed by atoms with E-state index in [1.807, 2.05) is 19.9 Å². The monoisotopic (exact) mass is 240 g/mol. The Morgan fingerprint density at radius 2 is 2.25 bits per heavy atom. The summed E-state index contributed by atoms with van der Waals surface area (Å²) in [4.78, 5) is 16.8. The van der Waals surface area contributed by atoms with Crippen LogP contribution in [0.4, 0.5) is 4.79 Å². The number of amides is 1. The third kappa shape index (κ3) is 1.85. The van der Waals surface area contributed by atoms with E-state index in [2.05, 4.69) is 4.98 Å². The van der Waals surface area contributed by atoms with Crippen LogP contribution in [-0.2, 0) is 13.0 Å². The van der Waals surface area contributed by atoms with E-state index in [0.29, 0.717) is 18.1 Å². The van der Waals surface area contributed by atoms with Gasteiger partial charge in [0, 0.05) is 17.7 Å². The lowest BCUT2D eigenvalue weighted by atomic mass is 9.89. The number of fused-ring (bicyclic) bond motifs is 1. The van der Waals surface area contributed by atoms with Gasteiger partial charge in [-0.05, 0) is 25.5 Å². The van der Waals surface area contributed by atoms with Crippen LogP contribution < -0.4 is 0 Å². The molecule has 4 nitrogen and oxygen atoms in total. The normalized spacial score (nSPS) is 18.1. The fourth-order valence-corrected chi connectivity index (χ4v) is 2.18. The second-order valence-electron chi connectivity index (χ2n) is 4.60. The highest BCUT2D eigenvalue weighted by Crippen LogP contribution is 2.30. The average molecular weight is 241 g/mol. The maximum absolute atomic E-state index is 11.1. The van der Waals surface area contributed by atoms with E-state index >= 15 is 0 Å². The maximum atomic E-state index is 11.1. The number of nitrogens with zero attached hydrogens (tertiary/aromatic N) is 2. The summed E-state index contributed by atoms with van der Waals surface area (Å²) in [5.74, 6) is 0. The van der Waals surface area contributed by atoms with E-state index in [1.165, 1.54) is 4.90 Å². The molecule has 0 unspecified atom stereocenters. The number of carbonyl (C=O) groups is 1. The molecule has 0 saturated carbocycles. The maximum Gasteiger partial charge on any atom is 0.408 e. The Morgan fingerprint density at radius 1 is 1.56 bits per heavy atom. The van der Waals surface area contributed by atoms with E-state index in [4.69, 9.17) is 16.7 Å². The summed E-state index contributed by atoms with van der Waals surface area (Å²) in [5.41, 5.74) is 1.40. The number of rotatable bonds is 0. The van der Waals surface area contributed by atoms with Crippen molar-refractivity contribution >= 4 is 17.7 Å². The Hall–Kier alpha value is -1.29. The fourth-order valence-electron chi connectivity index (χ4n) is 2.02. The summed E-state index contributed by atoms with van der Waals surface area (Å²) < 4.78 is 0. The van der Waals surface area contributed by atoms with Gasteiger partial charge in [0.25, 0.3) is 0 Å². The van der Waals surface area contributed by atoms with Crippen molar-refractivity contribution in [3.05, 3.63) is 28.5 Å². The van der Waals surface area contributed by atoms with Crippen molar-refractivity contribution in [3.63, 3.8) is 0 Å². The van der Waals surface area contributed by atoms with Crippen molar-refractivity contribution < 1.29 is 9.90 Å². The number of pyridine rings is 1. The van der Waals surface area contributed by atoms with Gasteiger partial charge in [-0.25, -0.2) is 9.78 Å². The molecule has 1 aromatic rings. The first-order valence-electron chi connectivity index (χ1n) is 5.05. The lowest BCUT2D eigenvalue weighted by Crippen LogP contribution is -2.51. The molecule has 0 atom stereocenters. The van der Waals surface area contributed by atoms with Gasteiger partial charge in [0.1, 0.15) is 5.15 Å². The molecule has 0 bridgehead atoms. The first-order chi connectivity index (χ1) is 7.40.